The van der Waals surface area contributed by atoms with Gasteiger partial charge >= 0.3 is 0 Å². The Hall–Kier alpha value is -2.95. The van der Waals surface area contributed by atoms with Crippen LogP contribution in [-0.4, -0.2) is 20.4 Å². The molecule has 170 valence electrons. The zero-order valence-electron chi connectivity index (χ0n) is 19.6. The molecule has 1 aromatic heterocycles. The largest absolute Gasteiger partial charge is 0.328 e. The van der Waals surface area contributed by atoms with Crippen LogP contribution in [-0.2, 0) is 18.4 Å². The predicted octanol–water partition coefficient (Wildman–Crippen LogP) is 5.77. The summed E-state index contributed by atoms with van der Waals surface area (Å²) in [5, 5.41) is 0.602. The van der Waals surface area contributed by atoms with Gasteiger partial charge in [0.05, 0.1) is 16.9 Å². The van der Waals surface area contributed by atoms with E-state index in [1.165, 1.54) is 19.3 Å². The van der Waals surface area contributed by atoms with Gasteiger partial charge in [0, 0.05) is 20.0 Å². The molecule has 0 aliphatic carbocycles. The van der Waals surface area contributed by atoms with E-state index in [1.807, 2.05) is 53.4 Å². The van der Waals surface area contributed by atoms with Gasteiger partial charge in [-0.15, -0.1) is 0 Å². The predicted molar refractivity (Wildman–Crippen MR) is 130 cm³/mol. The molecule has 5 heteroatoms. The van der Waals surface area contributed by atoms with E-state index in [2.05, 4.69) is 13.8 Å². The van der Waals surface area contributed by atoms with Gasteiger partial charge in [0.1, 0.15) is 5.82 Å². The molecule has 0 bridgehead atoms. The third kappa shape index (κ3) is 5.64. The number of rotatable bonds is 11. The number of aromatic nitrogens is 2. The highest BCUT2D eigenvalue weighted by molar-refractivity contribution is 5.78. The van der Waals surface area contributed by atoms with E-state index in [9.17, 15) is 9.59 Å². The first kappa shape index (κ1) is 23.7. The first-order chi connectivity index (χ1) is 15.6. The molecule has 0 N–H and O–H groups in total. The van der Waals surface area contributed by atoms with Crippen molar-refractivity contribution in [3.05, 3.63) is 76.3 Å². The molecule has 3 aromatic rings. The fraction of sp³-hybridized carbons (Fsp3) is 0.444. The average Bonchev–Trinajstić information content (AvgIpc) is 2.82. The zero-order valence-corrected chi connectivity index (χ0v) is 19.6. The van der Waals surface area contributed by atoms with Crippen LogP contribution in [0, 0.1) is 0 Å². The van der Waals surface area contributed by atoms with Crippen molar-refractivity contribution < 1.29 is 4.79 Å². The molecule has 2 aromatic carbocycles. The number of carbonyl (C=O) groups is 1. The molecule has 0 saturated carbocycles. The molecular formula is C27H35N3O2. The Bertz CT molecular complexity index is 1080. The highest BCUT2D eigenvalue weighted by atomic mass is 16.2. The van der Waals surface area contributed by atoms with Crippen LogP contribution in [0.4, 0.5) is 0 Å². The molecule has 5 nitrogen and oxygen atoms in total. The smallest absolute Gasteiger partial charge is 0.261 e. The lowest BCUT2D eigenvalue weighted by atomic mass is 10.1. The van der Waals surface area contributed by atoms with Crippen molar-refractivity contribution in [2.75, 3.05) is 0 Å². The molecule has 1 amide bonds. The molecule has 1 heterocycles. The van der Waals surface area contributed by atoms with Gasteiger partial charge in [-0.05, 0) is 30.5 Å². The minimum atomic E-state index is -0.263. The van der Waals surface area contributed by atoms with Gasteiger partial charge in [0.2, 0.25) is 5.91 Å². The van der Waals surface area contributed by atoms with Crippen LogP contribution in [0.25, 0.3) is 10.9 Å². The Labute approximate surface area is 191 Å². The lowest BCUT2D eigenvalue weighted by molar-refractivity contribution is -0.135. The van der Waals surface area contributed by atoms with Crippen molar-refractivity contribution in [1.82, 2.24) is 14.5 Å². The molecule has 1 unspecified atom stereocenters. The average molecular weight is 434 g/mol. The molecular weight excluding hydrogens is 398 g/mol. The summed E-state index contributed by atoms with van der Waals surface area (Å²) in [6.45, 7) is 4.76. The lowest BCUT2D eigenvalue weighted by Gasteiger charge is -2.32. The number of hydrogen-bond acceptors (Lipinski definition) is 3. The molecule has 0 spiro atoms. The Morgan fingerprint density at radius 2 is 1.66 bits per heavy atom. The molecule has 3 rings (SSSR count). The molecule has 32 heavy (non-hydrogen) atoms. The number of amides is 1. The van der Waals surface area contributed by atoms with Gasteiger partial charge in [0.15, 0.2) is 0 Å². The number of benzene rings is 2. The Morgan fingerprint density at radius 1 is 0.969 bits per heavy atom. The number of carbonyl (C=O) groups excluding carboxylic acids is 1. The number of unbranched alkanes of at least 4 members (excludes halogenated alkanes) is 4. The standard InChI is InChI=1S/C27H35N3O2/c1-4-6-7-8-12-19-25(31)30(20-21-15-10-9-11-16-21)24(5-2)26-28-23-18-14-13-17-22(23)27(32)29(26)3/h9-11,13-18,24H,4-8,12,19-20H2,1-3H3. The van der Waals surface area contributed by atoms with Gasteiger partial charge in [-0.1, -0.05) is 82.0 Å². The zero-order chi connectivity index (χ0) is 22.9. The van der Waals surface area contributed by atoms with E-state index in [1.54, 1.807) is 17.7 Å². The van der Waals surface area contributed by atoms with Crippen molar-refractivity contribution in [2.24, 2.45) is 7.05 Å². The van der Waals surface area contributed by atoms with Gasteiger partial charge in [-0.3, -0.25) is 14.2 Å². The topological polar surface area (TPSA) is 55.2 Å². The summed E-state index contributed by atoms with van der Waals surface area (Å²) in [7, 11) is 1.76. The summed E-state index contributed by atoms with van der Waals surface area (Å²) in [6, 6.07) is 17.2. The lowest BCUT2D eigenvalue weighted by Crippen LogP contribution is -2.37. The molecule has 0 radical (unpaired) electrons. The normalized spacial score (nSPS) is 12.1. The summed E-state index contributed by atoms with van der Waals surface area (Å²) in [6.07, 6.45) is 6.74. The minimum Gasteiger partial charge on any atom is -0.328 e. The van der Waals surface area contributed by atoms with E-state index >= 15 is 0 Å². The summed E-state index contributed by atoms with van der Waals surface area (Å²) in [5.41, 5.74) is 1.68. The second-order valence-corrected chi connectivity index (χ2v) is 8.45. The van der Waals surface area contributed by atoms with E-state index in [4.69, 9.17) is 4.98 Å². The van der Waals surface area contributed by atoms with Gasteiger partial charge in [-0.2, -0.15) is 0 Å². The summed E-state index contributed by atoms with van der Waals surface area (Å²) >= 11 is 0. The van der Waals surface area contributed by atoms with Crippen molar-refractivity contribution >= 4 is 16.8 Å². The Kier molecular flexibility index (Phi) is 8.60. The van der Waals surface area contributed by atoms with Crippen LogP contribution < -0.4 is 5.56 Å². The summed E-state index contributed by atoms with van der Waals surface area (Å²) in [4.78, 5) is 33.2. The van der Waals surface area contributed by atoms with Gasteiger partial charge in [-0.25, -0.2) is 4.98 Å². The van der Waals surface area contributed by atoms with Crippen LogP contribution in [0.3, 0.4) is 0 Å². The van der Waals surface area contributed by atoms with Crippen LogP contribution in [0.1, 0.15) is 76.2 Å². The fourth-order valence-corrected chi connectivity index (χ4v) is 4.25. The summed E-state index contributed by atoms with van der Waals surface area (Å²) < 4.78 is 1.61. The highest BCUT2D eigenvalue weighted by Crippen LogP contribution is 2.26. The van der Waals surface area contributed by atoms with Crippen LogP contribution in [0.15, 0.2) is 59.4 Å². The second kappa shape index (κ2) is 11.6. The quantitative estimate of drug-likeness (QED) is 0.361. The van der Waals surface area contributed by atoms with Crippen molar-refractivity contribution in [1.29, 1.82) is 0 Å². The highest BCUT2D eigenvalue weighted by Gasteiger charge is 2.27. The monoisotopic (exact) mass is 433 g/mol. The number of hydrogen-bond donors (Lipinski definition) is 0. The van der Waals surface area contributed by atoms with Crippen molar-refractivity contribution in [3.8, 4) is 0 Å². The second-order valence-electron chi connectivity index (χ2n) is 8.45. The van der Waals surface area contributed by atoms with E-state index < -0.39 is 0 Å². The number of para-hydroxylation sites is 1. The van der Waals surface area contributed by atoms with Gasteiger partial charge < -0.3 is 4.90 Å². The molecule has 0 saturated heterocycles. The molecule has 1 atom stereocenters. The van der Waals surface area contributed by atoms with Crippen molar-refractivity contribution in [3.63, 3.8) is 0 Å². The maximum absolute atomic E-state index is 13.4. The van der Waals surface area contributed by atoms with Crippen LogP contribution in [0.5, 0.6) is 0 Å². The summed E-state index contributed by atoms with van der Waals surface area (Å²) in [5.74, 6) is 0.770. The first-order valence-corrected chi connectivity index (χ1v) is 11.9. The van der Waals surface area contributed by atoms with E-state index in [0.29, 0.717) is 36.1 Å². The number of fused-ring (bicyclic) bond motifs is 1. The third-order valence-corrected chi connectivity index (χ3v) is 6.09. The maximum atomic E-state index is 13.4. The maximum Gasteiger partial charge on any atom is 0.261 e. The van der Waals surface area contributed by atoms with E-state index in [0.717, 1.165) is 18.4 Å². The molecule has 0 fully saturated rings. The first-order valence-electron chi connectivity index (χ1n) is 11.9. The van der Waals surface area contributed by atoms with Crippen LogP contribution in [0.2, 0.25) is 0 Å². The Morgan fingerprint density at radius 3 is 2.38 bits per heavy atom. The molecule has 0 aliphatic rings. The van der Waals surface area contributed by atoms with Gasteiger partial charge in [0.25, 0.3) is 5.56 Å². The molecule has 0 aliphatic heterocycles. The SMILES string of the molecule is CCCCCCCC(=O)N(Cc1ccccc1)C(CC)c1nc2ccccc2c(=O)n1C. The van der Waals surface area contributed by atoms with Crippen molar-refractivity contribution in [2.45, 2.75) is 71.4 Å². The number of nitrogens with zero attached hydrogens (tertiary/aromatic N) is 3. The third-order valence-electron chi connectivity index (χ3n) is 6.09. The van der Waals surface area contributed by atoms with Crippen LogP contribution >= 0.6 is 0 Å². The fourth-order valence-electron chi connectivity index (χ4n) is 4.25. The minimum absolute atomic E-state index is 0.0734. The Balaban J connectivity index is 1.94. The van der Waals surface area contributed by atoms with E-state index in [-0.39, 0.29) is 17.5 Å².